The molecule has 1 aliphatic rings. The van der Waals surface area contributed by atoms with E-state index < -0.39 is 46.7 Å². The molecule has 10 nitrogen and oxygen atoms in total. The number of carbonyl (C=O) groups excluding carboxylic acids is 2. The normalized spacial score (nSPS) is 20.0. The third kappa shape index (κ3) is 7.14. The van der Waals surface area contributed by atoms with E-state index in [1.807, 2.05) is 0 Å². The van der Waals surface area contributed by atoms with E-state index in [0.717, 1.165) is 6.26 Å². The van der Waals surface area contributed by atoms with E-state index in [2.05, 4.69) is 4.74 Å². The fraction of sp³-hybridized carbons (Fsp3) is 0.857. The topological polar surface area (TPSA) is 124 Å². The van der Waals surface area contributed by atoms with Crippen LogP contribution in [-0.2, 0) is 42.8 Å². The summed E-state index contributed by atoms with van der Waals surface area (Å²) in [5, 5.41) is 0. The summed E-state index contributed by atoms with van der Waals surface area (Å²) in [5.41, 5.74) is 0. The van der Waals surface area contributed by atoms with E-state index in [1.54, 1.807) is 0 Å². The van der Waals surface area contributed by atoms with Gasteiger partial charge in [0.05, 0.1) is 13.4 Å². The van der Waals surface area contributed by atoms with Gasteiger partial charge >= 0.3 is 12.1 Å². The van der Waals surface area contributed by atoms with Crippen molar-refractivity contribution in [2.75, 3.05) is 34.2 Å². The maximum atomic E-state index is 11.6. The zero-order valence-electron chi connectivity index (χ0n) is 14.6. The van der Waals surface area contributed by atoms with Gasteiger partial charge in [0.15, 0.2) is 6.29 Å². The summed E-state index contributed by atoms with van der Waals surface area (Å²) in [4.78, 5) is 22.6. The monoisotopic (exact) mass is 384 g/mol. The van der Waals surface area contributed by atoms with Gasteiger partial charge in [0, 0.05) is 26.6 Å². The van der Waals surface area contributed by atoms with E-state index in [1.165, 1.54) is 21.3 Å². The molecule has 0 amide bonds. The molecule has 0 radical (unpaired) electrons. The van der Waals surface area contributed by atoms with Gasteiger partial charge in [-0.2, -0.15) is 8.42 Å². The van der Waals surface area contributed by atoms with Gasteiger partial charge in [-0.15, -0.1) is 0 Å². The fourth-order valence-corrected chi connectivity index (χ4v) is 3.22. The van der Waals surface area contributed by atoms with Gasteiger partial charge in [0.25, 0.3) is 10.1 Å². The lowest BCUT2D eigenvalue weighted by molar-refractivity contribution is -0.178. The van der Waals surface area contributed by atoms with Crippen molar-refractivity contribution in [1.29, 1.82) is 0 Å². The van der Waals surface area contributed by atoms with Gasteiger partial charge in [-0.1, -0.05) is 0 Å². The summed E-state index contributed by atoms with van der Waals surface area (Å²) in [7, 11) is 0.0738. The molecular weight excluding hydrogens is 360 g/mol. The van der Waals surface area contributed by atoms with Crippen molar-refractivity contribution >= 4 is 22.2 Å². The molecule has 0 aromatic carbocycles. The Kier molecular flexibility index (Phi) is 8.56. The van der Waals surface area contributed by atoms with E-state index in [-0.39, 0.29) is 13.0 Å². The van der Waals surface area contributed by atoms with Crippen LogP contribution < -0.4 is 0 Å². The molecule has 1 rings (SSSR count). The smallest absolute Gasteiger partial charge is 0.469 e. The van der Waals surface area contributed by atoms with Crippen LogP contribution in [0.5, 0.6) is 0 Å². The van der Waals surface area contributed by atoms with Crippen molar-refractivity contribution in [3.8, 4) is 0 Å². The van der Waals surface area contributed by atoms with Crippen LogP contribution in [0.2, 0.25) is 0 Å². The van der Waals surface area contributed by atoms with Gasteiger partial charge in [-0.25, -0.2) is 4.79 Å². The van der Waals surface area contributed by atoms with Crippen molar-refractivity contribution in [2.45, 2.75) is 37.8 Å². The lowest BCUT2D eigenvalue weighted by Crippen LogP contribution is -2.45. The first kappa shape index (κ1) is 21.6. The molecule has 0 bridgehead atoms. The highest BCUT2D eigenvalue weighted by atomic mass is 32.2. The van der Waals surface area contributed by atoms with Gasteiger partial charge in [-0.05, 0) is 12.8 Å². The average molecular weight is 384 g/mol. The summed E-state index contributed by atoms with van der Waals surface area (Å²) in [6, 6.07) is 0. The Morgan fingerprint density at radius 2 is 1.92 bits per heavy atom. The summed E-state index contributed by atoms with van der Waals surface area (Å²) >= 11 is 0. The van der Waals surface area contributed by atoms with Crippen molar-refractivity contribution in [3.63, 3.8) is 0 Å². The van der Waals surface area contributed by atoms with Crippen molar-refractivity contribution in [2.24, 2.45) is 5.92 Å². The quantitative estimate of drug-likeness (QED) is 0.282. The number of carbonyl (C=O) groups is 2. The molecule has 146 valence electrons. The molecule has 0 aliphatic carbocycles. The van der Waals surface area contributed by atoms with Crippen molar-refractivity contribution < 1.29 is 45.9 Å². The maximum Gasteiger partial charge on any atom is 0.508 e. The maximum absolute atomic E-state index is 11.6. The largest absolute Gasteiger partial charge is 0.508 e. The van der Waals surface area contributed by atoms with E-state index in [9.17, 15) is 18.0 Å². The van der Waals surface area contributed by atoms with Crippen LogP contribution in [0.3, 0.4) is 0 Å². The predicted octanol–water partition coefficient (Wildman–Crippen LogP) is 0.445. The molecule has 3 atom stereocenters. The average Bonchev–Trinajstić information content (AvgIpc) is 2.96. The molecule has 1 heterocycles. The highest BCUT2D eigenvalue weighted by Gasteiger charge is 2.43. The third-order valence-electron chi connectivity index (χ3n) is 3.68. The van der Waals surface area contributed by atoms with Crippen molar-refractivity contribution in [3.05, 3.63) is 0 Å². The molecule has 0 N–H and O–H groups in total. The van der Waals surface area contributed by atoms with Crippen molar-refractivity contribution in [1.82, 2.24) is 0 Å². The van der Waals surface area contributed by atoms with Crippen LogP contribution in [0.4, 0.5) is 4.79 Å². The van der Waals surface area contributed by atoms with Crippen LogP contribution in [0, 0.1) is 5.92 Å². The van der Waals surface area contributed by atoms with Gasteiger partial charge in [0.1, 0.15) is 18.8 Å². The number of cyclic esters (lactones) is 2. The number of esters is 1. The highest BCUT2D eigenvalue weighted by Crippen LogP contribution is 2.30. The number of hydrogen-bond acceptors (Lipinski definition) is 10. The molecular formula is C14H24O10S. The second-order valence-corrected chi connectivity index (χ2v) is 7.05. The number of ether oxygens (including phenoxy) is 5. The Hall–Kier alpha value is -1.43. The second kappa shape index (κ2) is 9.90. The zero-order chi connectivity index (χ0) is 19.0. The van der Waals surface area contributed by atoms with Gasteiger partial charge < -0.3 is 23.7 Å². The standard InChI is InChI=1S/C14H24O10S/c1-19-11(15)7-5-6-9(10-8-22-14(16)23-10)12(13(20-2)21-3)24-25(4,17)18/h9-10,12-13H,5-8H2,1-4H3/t9-,10+,12-/m1/s1. The summed E-state index contributed by atoms with van der Waals surface area (Å²) in [5.74, 6) is -1.05. The minimum absolute atomic E-state index is 0.0640. The molecule has 1 saturated heterocycles. The molecule has 0 aromatic rings. The zero-order valence-corrected chi connectivity index (χ0v) is 15.4. The van der Waals surface area contributed by atoms with Crippen LogP contribution in [0.15, 0.2) is 0 Å². The molecule has 0 unspecified atom stereocenters. The number of rotatable bonds is 11. The summed E-state index contributed by atoms with van der Waals surface area (Å²) in [6.07, 6.45) is -2.08. The molecule has 0 saturated carbocycles. The Morgan fingerprint density at radius 1 is 1.28 bits per heavy atom. The number of methoxy groups -OCH3 is 3. The van der Waals surface area contributed by atoms with Crippen LogP contribution in [-0.4, -0.2) is 73.2 Å². The minimum Gasteiger partial charge on any atom is -0.469 e. The molecule has 25 heavy (non-hydrogen) atoms. The first-order chi connectivity index (χ1) is 11.7. The molecule has 11 heteroatoms. The van der Waals surface area contributed by atoms with Gasteiger partial charge in [-0.3, -0.25) is 8.98 Å². The van der Waals surface area contributed by atoms with Crippen LogP contribution in [0.25, 0.3) is 0 Å². The summed E-state index contributed by atoms with van der Waals surface area (Å²) in [6.45, 7) is -0.0640. The molecule has 0 aromatic heterocycles. The van der Waals surface area contributed by atoms with Crippen LogP contribution in [0.1, 0.15) is 19.3 Å². The highest BCUT2D eigenvalue weighted by molar-refractivity contribution is 7.86. The van der Waals surface area contributed by atoms with E-state index >= 15 is 0 Å². The fourth-order valence-electron chi connectivity index (χ4n) is 2.58. The first-order valence-corrected chi connectivity index (χ1v) is 9.37. The lowest BCUT2D eigenvalue weighted by Gasteiger charge is -2.32. The SMILES string of the molecule is COC(=O)CCC[C@H]([C@@H]1COC(=O)O1)[C@@H](OS(C)(=O)=O)C(OC)OC. The minimum atomic E-state index is -3.86. The van der Waals surface area contributed by atoms with E-state index in [4.69, 9.17) is 23.1 Å². The number of hydrogen-bond donors (Lipinski definition) is 0. The Morgan fingerprint density at radius 3 is 2.36 bits per heavy atom. The predicted molar refractivity (Wildman–Crippen MR) is 83.1 cm³/mol. The van der Waals surface area contributed by atoms with Crippen LogP contribution >= 0.6 is 0 Å². The molecule has 1 fully saturated rings. The molecule has 1 aliphatic heterocycles. The first-order valence-electron chi connectivity index (χ1n) is 7.56. The summed E-state index contributed by atoms with van der Waals surface area (Å²) < 4.78 is 53.1. The Bertz CT molecular complexity index is 542. The Labute approximate surface area is 146 Å². The third-order valence-corrected chi connectivity index (χ3v) is 4.25. The second-order valence-electron chi connectivity index (χ2n) is 5.45. The lowest BCUT2D eigenvalue weighted by atomic mass is 9.90. The van der Waals surface area contributed by atoms with Gasteiger partial charge in [0.2, 0.25) is 0 Å². The molecule has 0 spiro atoms. The Balaban J connectivity index is 3.00. The van der Waals surface area contributed by atoms with E-state index in [0.29, 0.717) is 12.8 Å².